The normalized spacial score (nSPS) is 19.4. The van der Waals surface area contributed by atoms with E-state index in [0.717, 1.165) is 39.3 Å². The van der Waals surface area contributed by atoms with Crippen molar-refractivity contribution in [1.82, 2.24) is 14.8 Å². The Bertz CT molecular complexity index is 1250. The lowest BCUT2D eigenvalue weighted by molar-refractivity contribution is 0.223. The molecular weight excluding hydrogens is 412 g/mol. The summed E-state index contributed by atoms with van der Waals surface area (Å²) in [6.45, 7) is 0. The third-order valence-electron chi connectivity index (χ3n) is 5.46. The lowest BCUT2D eigenvalue weighted by atomic mass is 9.87. The van der Waals surface area contributed by atoms with Crippen LogP contribution in [0.1, 0.15) is 28.1 Å². The number of nitrogens with one attached hydrogen (secondary N) is 1. The second-order valence-corrected chi connectivity index (χ2v) is 8.90. The minimum Gasteiger partial charge on any atom is -0.480 e. The second kappa shape index (κ2) is 7.04. The number of para-hydroxylation sites is 1. The number of nitrogens with zero attached hydrogens (tertiary/aromatic N) is 3. The number of fused-ring (bicyclic) bond motifs is 3. The molecule has 5 nitrogen and oxygen atoms in total. The zero-order valence-electron chi connectivity index (χ0n) is 16.1. The molecule has 0 aliphatic carbocycles. The summed E-state index contributed by atoms with van der Waals surface area (Å²) < 4.78 is 8.61. The van der Waals surface area contributed by atoms with Gasteiger partial charge in [-0.05, 0) is 35.4 Å². The van der Waals surface area contributed by atoms with E-state index in [9.17, 15) is 0 Å². The summed E-state index contributed by atoms with van der Waals surface area (Å²) in [7, 11) is 0. The Kier molecular flexibility index (Phi) is 4.17. The van der Waals surface area contributed by atoms with Crippen molar-refractivity contribution in [1.29, 1.82) is 0 Å². The van der Waals surface area contributed by atoms with Gasteiger partial charge in [0.05, 0.1) is 5.70 Å². The van der Waals surface area contributed by atoms with Crippen molar-refractivity contribution in [3.8, 4) is 5.75 Å². The van der Waals surface area contributed by atoms with E-state index in [0.29, 0.717) is 0 Å². The molecule has 2 atom stereocenters. The Morgan fingerprint density at radius 2 is 1.87 bits per heavy atom. The van der Waals surface area contributed by atoms with Crippen LogP contribution in [0, 0.1) is 0 Å². The summed E-state index contributed by atoms with van der Waals surface area (Å²) in [6.07, 6.45) is 1.78. The molecule has 30 heavy (non-hydrogen) atoms. The Hall–Kier alpha value is -3.03. The summed E-state index contributed by atoms with van der Waals surface area (Å²) in [5, 5.41) is 11.3. The van der Waals surface area contributed by atoms with Crippen LogP contribution in [0.5, 0.6) is 5.75 Å². The second-order valence-electron chi connectivity index (χ2n) is 7.14. The largest absolute Gasteiger partial charge is 0.480 e. The molecular formula is C23H18N4OS2. The molecule has 7 heteroatoms. The van der Waals surface area contributed by atoms with Crippen LogP contribution >= 0.6 is 23.1 Å². The Morgan fingerprint density at radius 3 is 2.67 bits per heavy atom. The van der Waals surface area contributed by atoms with Crippen LogP contribution < -0.4 is 10.1 Å². The van der Waals surface area contributed by atoms with Crippen LogP contribution in [0.3, 0.4) is 0 Å². The quantitative estimate of drug-likeness (QED) is 0.428. The van der Waals surface area contributed by atoms with E-state index in [-0.39, 0.29) is 12.1 Å². The fourth-order valence-corrected chi connectivity index (χ4v) is 5.34. The van der Waals surface area contributed by atoms with Crippen molar-refractivity contribution in [3.05, 3.63) is 93.7 Å². The smallest absolute Gasteiger partial charge is 0.227 e. The summed E-state index contributed by atoms with van der Waals surface area (Å²) in [6, 6.07) is 22.8. The average Bonchev–Trinajstić information content (AvgIpc) is 3.47. The maximum Gasteiger partial charge on any atom is 0.227 e. The van der Waals surface area contributed by atoms with Crippen molar-refractivity contribution in [2.45, 2.75) is 17.3 Å². The molecule has 0 bridgehead atoms. The number of hydrogen-bond donors (Lipinski definition) is 1. The van der Waals surface area contributed by atoms with Crippen molar-refractivity contribution in [2.24, 2.45) is 0 Å². The maximum absolute atomic E-state index is 6.60. The van der Waals surface area contributed by atoms with E-state index < -0.39 is 0 Å². The Labute approximate surface area is 182 Å². The number of thiophene rings is 1. The van der Waals surface area contributed by atoms with Gasteiger partial charge < -0.3 is 10.1 Å². The zero-order chi connectivity index (χ0) is 20.1. The van der Waals surface area contributed by atoms with Crippen LogP contribution in [0.4, 0.5) is 5.95 Å². The predicted molar refractivity (Wildman–Crippen MR) is 121 cm³/mol. The summed E-state index contributed by atoms with van der Waals surface area (Å²) in [5.41, 5.74) is 4.40. The fraction of sp³-hybridized carbons (Fsp3) is 0.130. The molecule has 0 spiro atoms. The molecule has 2 aliphatic heterocycles. The number of ether oxygens (including phenoxy) is 1. The zero-order valence-corrected chi connectivity index (χ0v) is 17.8. The van der Waals surface area contributed by atoms with Gasteiger partial charge in [-0.25, -0.2) is 4.68 Å². The minimum atomic E-state index is -0.217. The highest BCUT2D eigenvalue weighted by Crippen LogP contribution is 2.51. The highest BCUT2D eigenvalue weighted by molar-refractivity contribution is 7.98. The molecule has 0 radical (unpaired) electrons. The van der Waals surface area contributed by atoms with Gasteiger partial charge in [0.1, 0.15) is 17.9 Å². The van der Waals surface area contributed by atoms with Crippen LogP contribution in [0.15, 0.2) is 82.8 Å². The van der Waals surface area contributed by atoms with E-state index in [1.165, 1.54) is 4.88 Å². The van der Waals surface area contributed by atoms with Gasteiger partial charge in [-0.15, -0.1) is 16.4 Å². The molecule has 1 N–H and O–H groups in total. The van der Waals surface area contributed by atoms with E-state index >= 15 is 0 Å². The van der Waals surface area contributed by atoms with Gasteiger partial charge in [-0.2, -0.15) is 4.98 Å². The van der Waals surface area contributed by atoms with Crippen molar-refractivity contribution in [2.75, 3.05) is 11.6 Å². The lowest BCUT2D eigenvalue weighted by Crippen LogP contribution is -2.32. The number of benzene rings is 2. The van der Waals surface area contributed by atoms with Crippen molar-refractivity contribution in [3.63, 3.8) is 0 Å². The first-order chi connectivity index (χ1) is 14.8. The third kappa shape index (κ3) is 2.69. The molecule has 0 saturated carbocycles. The number of anilines is 1. The van der Waals surface area contributed by atoms with Crippen LogP contribution in [-0.4, -0.2) is 21.0 Å². The first-order valence-corrected chi connectivity index (χ1v) is 11.8. The molecule has 4 aromatic rings. The molecule has 4 heterocycles. The van der Waals surface area contributed by atoms with Crippen molar-refractivity contribution >= 4 is 34.7 Å². The molecule has 0 amide bonds. The van der Waals surface area contributed by atoms with E-state index in [1.807, 2.05) is 35.2 Å². The van der Waals surface area contributed by atoms with Crippen LogP contribution in [-0.2, 0) is 0 Å². The molecule has 2 aromatic carbocycles. The maximum atomic E-state index is 6.60. The van der Waals surface area contributed by atoms with Gasteiger partial charge in [0.15, 0.2) is 0 Å². The highest BCUT2D eigenvalue weighted by Gasteiger charge is 2.41. The van der Waals surface area contributed by atoms with E-state index in [4.69, 9.17) is 14.8 Å². The first-order valence-electron chi connectivity index (χ1n) is 9.69. The minimum absolute atomic E-state index is 0.0804. The molecule has 2 aliphatic rings. The van der Waals surface area contributed by atoms with Crippen molar-refractivity contribution < 1.29 is 4.74 Å². The average molecular weight is 431 g/mol. The van der Waals surface area contributed by atoms with E-state index in [2.05, 4.69) is 53.2 Å². The number of aromatic nitrogens is 3. The molecule has 148 valence electrons. The van der Waals surface area contributed by atoms with Gasteiger partial charge in [-0.3, -0.25) is 0 Å². The molecule has 0 saturated heterocycles. The van der Waals surface area contributed by atoms with Gasteiger partial charge in [0.25, 0.3) is 0 Å². The summed E-state index contributed by atoms with van der Waals surface area (Å²) >= 11 is 3.28. The van der Waals surface area contributed by atoms with Crippen LogP contribution in [0.25, 0.3) is 5.70 Å². The van der Waals surface area contributed by atoms with Gasteiger partial charge in [0.2, 0.25) is 11.1 Å². The molecule has 2 aromatic heterocycles. The predicted octanol–water partition coefficient (Wildman–Crippen LogP) is 5.62. The Balaban J connectivity index is 1.64. The Morgan fingerprint density at radius 1 is 1.03 bits per heavy atom. The molecule has 0 fully saturated rings. The highest BCUT2D eigenvalue weighted by atomic mass is 32.2. The summed E-state index contributed by atoms with van der Waals surface area (Å²) in [5.74, 6) is 1.64. The monoisotopic (exact) mass is 430 g/mol. The number of thioether (sulfide) groups is 1. The lowest BCUT2D eigenvalue weighted by Gasteiger charge is -2.38. The van der Waals surface area contributed by atoms with Crippen LogP contribution in [0.2, 0.25) is 0 Å². The third-order valence-corrected chi connectivity index (χ3v) is 6.92. The standard InChI is InChI=1S/C23H18N4OS2/c1-29-23-25-22-24-19-15-10-5-6-11-16(15)28-21(14-8-3-2-4-9-14)18(19)20(27(22)26-23)17-12-7-13-30-17/h2-13,20-21H,1H3,(H,24,25,26)/t20-,21-/m1/s1. The van der Waals surface area contributed by atoms with Gasteiger partial charge in [0, 0.05) is 16.0 Å². The molecule has 0 unspecified atom stereocenters. The number of hydrogen-bond acceptors (Lipinski definition) is 6. The SMILES string of the molecule is CSc1nc2n(n1)[C@H](c1cccs1)C1=C(N2)c2ccccc2O[C@@H]1c1ccccc1. The number of rotatable bonds is 3. The first kappa shape index (κ1) is 17.8. The van der Waals surface area contributed by atoms with Gasteiger partial charge in [-0.1, -0.05) is 60.3 Å². The topological polar surface area (TPSA) is 52.0 Å². The van der Waals surface area contributed by atoms with Gasteiger partial charge >= 0.3 is 0 Å². The molecule has 6 rings (SSSR count). The fourth-order valence-electron chi connectivity index (χ4n) is 4.17. The van der Waals surface area contributed by atoms with E-state index in [1.54, 1.807) is 23.1 Å². The summed E-state index contributed by atoms with van der Waals surface area (Å²) in [4.78, 5) is 5.94.